The van der Waals surface area contributed by atoms with Crippen LogP contribution in [0, 0.1) is 6.92 Å². The Morgan fingerprint density at radius 1 is 0.966 bits per heavy atom. The number of rotatable bonds is 3. The maximum Gasteiger partial charge on any atom is 0.283 e. The predicted octanol–water partition coefficient (Wildman–Crippen LogP) is 3.51. The highest BCUT2D eigenvalue weighted by Crippen LogP contribution is 2.27. The van der Waals surface area contributed by atoms with Crippen LogP contribution in [0.4, 0.5) is 0 Å². The molecule has 0 fully saturated rings. The lowest BCUT2D eigenvalue weighted by molar-refractivity contribution is 0.737. The van der Waals surface area contributed by atoms with Crippen LogP contribution in [0.1, 0.15) is 11.3 Å². The van der Waals surface area contributed by atoms with Crippen LogP contribution in [0.3, 0.4) is 0 Å². The first-order chi connectivity index (χ1) is 14.1. The summed E-state index contributed by atoms with van der Waals surface area (Å²) >= 11 is 5.93. The van der Waals surface area contributed by atoms with Crippen LogP contribution in [0.5, 0.6) is 0 Å². The highest BCUT2D eigenvalue weighted by atomic mass is 35.5. The van der Waals surface area contributed by atoms with Crippen molar-refractivity contribution in [3.05, 3.63) is 87.6 Å². The van der Waals surface area contributed by atoms with Crippen molar-refractivity contribution in [2.45, 2.75) is 13.5 Å². The Bertz CT molecular complexity index is 1410. The lowest BCUT2D eigenvalue weighted by atomic mass is 10.1. The molecule has 5 aromatic rings. The molecule has 3 aromatic heterocycles. The fraction of sp³-hybridized carbons (Fsp3) is 0.0952. The van der Waals surface area contributed by atoms with Crippen molar-refractivity contribution in [3.63, 3.8) is 0 Å². The molecule has 0 aliphatic rings. The minimum Gasteiger partial charge on any atom is -0.293 e. The molecular formula is C21H15ClN6O. The van der Waals surface area contributed by atoms with E-state index in [1.807, 2.05) is 49.4 Å². The summed E-state index contributed by atoms with van der Waals surface area (Å²) in [5, 5.41) is 13.7. The molecular weight excluding hydrogens is 388 g/mol. The maximum atomic E-state index is 13.0. The first kappa shape index (κ1) is 17.5. The van der Waals surface area contributed by atoms with E-state index in [0.29, 0.717) is 22.9 Å². The Morgan fingerprint density at radius 3 is 2.48 bits per heavy atom. The summed E-state index contributed by atoms with van der Waals surface area (Å²) in [6, 6.07) is 17.2. The average Bonchev–Trinajstić information content (AvgIpc) is 3.08. The summed E-state index contributed by atoms with van der Waals surface area (Å²) in [5.41, 5.74) is 4.47. The molecule has 5 rings (SSSR count). The zero-order valence-electron chi connectivity index (χ0n) is 15.5. The second kappa shape index (κ2) is 6.79. The summed E-state index contributed by atoms with van der Waals surface area (Å²) < 4.78 is 3.09. The van der Waals surface area contributed by atoms with Gasteiger partial charge in [0, 0.05) is 5.02 Å². The van der Waals surface area contributed by atoms with Crippen LogP contribution >= 0.6 is 11.6 Å². The number of nitrogens with zero attached hydrogens (tertiary/aromatic N) is 6. The third-order valence-corrected chi connectivity index (χ3v) is 5.06. The van der Waals surface area contributed by atoms with E-state index < -0.39 is 0 Å². The largest absolute Gasteiger partial charge is 0.293 e. The Hall–Kier alpha value is -3.58. The van der Waals surface area contributed by atoms with Gasteiger partial charge in [0.15, 0.2) is 16.8 Å². The molecule has 0 saturated carbocycles. The van der Waals surface area contributed by atoms with Crippen molar-refractivity contribution < 1.29 is 0 Å². The number of aryl methyl sites for hydroxylation is 1. The first-order valence-corrected chi connectivity index (χ1v) is 9.40. The van der Waals surface area contributed by atoms with Crippen molar-refractivity contribution in [2.75, 3.05) is 0 Å². The van der Waals surface area contributed by atoms with Gasteiger partial charge in [0.2, 0.25) is 0 Å². The average molecular weight is 403 g/mol. The molecule has 0 aliphatic carbocycles. The zero-order chi connectivity index (χ0) is 20.0. The van der Waals surface area contributed by atoms with Gasteiger partial charge < -0.3 is 0 Å². The van der Waals surface area contributed by atoms with E-state index in [1.54, 1.807) is 16.6 Å². The Kier molecular flexibility index (Phi) is 4.10. The quantitative estimate of drug-likeness (QED) is 0.461. The summed E-state index contributed by atoms with van der Waals surface area (Å²) in [5.74, 6) is 0. The zero-order valence-corrected chi connectivity index (χ0v) is 16.2. The van der Waals surface area contributed by atoms with Gasteiger partial charge in [-0.3, -0.25) is 9.36 Å². The summed E-state index contributed by atoms with van der Waals surface area (Å²) in [6.45, 7) is 2.27. The predicted molar refractivity (Wildman–Crippen MR) is 111 cm³/mol. The summed E-state index contributed by atoms with van der Waals surface area (Å²) in [7, 11) is 0. The van der Waals surface area contributed by atoms with Gasteiger partial charge in [-0.25, -0.2) is 4.98 Å². The first-order valence-electron chi connectivity index (χ1n) is 9.03. The Labute approximate surface area is 170 Å². The molecule has 0 amide bonds. The van der Waals surface area contributed by atoms with Crippen LogP contribution in [0.25, 0.3) is 27.9 Å². The molecule has 0 spiro atoms. The third-order valence-electron chi connectivity index (χ3n) is 4.80. The minimum atomic E-state index is -0.270. The van der Waals surface area contributed by atoms with Crippen LogP contribution in [0.15, 0.2) is 65.7 Å². The van der Waals surface area contributed by atoms with Crippen LogP contribution in [0.2, 0.25) is 5.02 Å². The third kappa shape index (κ3) is 2.96. The van der Waals surface area contributed by atoms with Gasteiger partial charge in [-0.15, -0.1) is 10.2 Å². The molecule has 142 valence electrons. The molecule has 0 N–H and O–H groups in total. The van der Waals surface area contributed by atoms with E-state index in [-0.39, 0.29) is 11.1 Å². The number of aromatic nitrogens is 6. The summed E-state index contributed by atoms with van der Waals surface area (Å²) in [6.07, 6.45) is 1.51. The van der Waals surface area contributed by atoms with E-state index in [9.17, 15) is 4.79 Å². The van der Waals surface area contributed by atoms with Crippen LogP contribution in [-0.2, 0) is 6.54 Å². The van der Waals surface area contributed by atoms with Crippen molar-refractivity contribution in [3.8, 4) is 11.1 Å². The van der Waals surface area contributed by atoms with Gasteiger partial charge in [-0.1, -0.05) is 54.1 Å². The van der Waals surface area contributed by atoms with Gasteiger partial charge >= 0.3 is 0 Å². The van der Waals surface area contributed by atoms with E-state index >= 15 is 0 Å². The normalized spacial score (nSPS) is 11.4. The number of hydrogen-bond acceptors (Lipinski definition) is 5. The highest BCUT2D eigenvalue weighted by Gasteiger charge is 2.18. The molecule has 0 bridgehead atoms. The van der Waals surface area contributed by atoms with Crippen molar-refractivity contribution in [1.29, 1.82) is 0 Å². The van der Waals surface area contributed by atoms with E-state index in [1.165, 1.54) is 10.9 Å². The van der Waals surface area contributed by atoms with E-state index in [2.05, 4.69) is 20.3 Å². The molecule has 0 saturated heterocycles. The number of hydrogen-bond donors (Lipinski definition) is 0. The van der Waals surface area contributed by atoms with Gasteiger partial charge in [0.25, 0.3) is 5.56 Å². The minimum absolute atomic E-state index is 0.177. The van der Waals surface area contributed by atoms with Gasteiger partial charge in [0.05, 0.1) is 17.8 Å². The maximum absolute atomic E-state index is 13.0. The van der Waals surface area contributed by atoms with Gasteiger partial charge in [0.1, 0.15) is 6.33 Å². The smallest absolute Gasteiger partial charge is 0.283 e. The van der Waals surface area contributed by atoms with Crippen LogP contribution in [-0.4, -0.2) is 29.4 Å². The Morgan fingerprint density at radius 2 is 1.72 bits per heavy atom. The lowest BCUT2D eigenvalue weighted by Gasteiger charge is -2.07. The van der Waals surface area contributed by atoms with Crippen molar-refractivity contribution in [1.82, 2.24) is 29.4 Å². The van der Waals surface area contributed by atoms with Gasteiger partial charge in [-0.05, 0) is 30.2 Å². The number of halogens is 1. The number of benzene rings is 2. The second-order valence-corrected chi connectivity index (χ2v) is 7.17. The molecule has 7 nitrogen and oxygen atoms in total. The SMILES string of the molecule is Cc1nn2c(nnc3c(=O)n(Cc4ccc(Cl)cc4)cnc32)c1-c1ccccc1. The van der Waals surface area contributed by atoms with E-state index in [4.69, 9.17) is 11.6 Å². The molecule has 2 aromatic carbocycles. The second-order valence-electron chi connectivity index (χ2n) is 6.74. The van der Waals surface area contributed by atoms with Gasteiger partial charge in [-0.2, -0.15) is 9.61 Å². The van der Waals surface area contributed by atoms with Crippen LogP contribution < -0.4 is 5.56 Å². The fourth-order valence-electron chi connectivity index (χ4n) is 3.41. The molecule has 29 heavy (non-hydrogen) atoms. The molecule has 8 heteroatoms. The molecule has 3 heterocycles. The molecule has 0 atom stereocenters. The van der Waals surface area contributed by atoms with Crippen molar-refractivity contribution >= 4 is 28.4 Å². The molecule has 0 aliphatic heterocycles. The molecule has 0 unspecified atom stereocenters. The monoisotopic (exact) mass is 402 g/mol. The number of fused-ring (bicyclic) bond motifs is 3. The van der Waals surface area contributed by atoms with E-state index in [0.717, 1.165) is 22.4 Å². The highest BCUT2D eigenvalue weighted by molar-refractivity contribution is 6.30. The lowest BCUT2D eigenvalue weighted by Crippen LogP contribution is -2.23. The topological polar surface area (TPSA) is 78.0 Å². The molecule has 0 radical (unpaired) electrons. The standard InChI is InChI=1S/C21H15ClN6O/c1-13-17(15-5-3-2-4-6-15)19-25-24-18-20(28(19)26-13)23-12-27(21(18)29)11-14-7-9-16(22)10-8-14/h2-10,12H,11H2,1H3. The Balaban J connectivity index is 1.66. The van der Waals surface area contributed by atoms with Crippen molar-refractivity contribution in [2.24, 2.45) is 0 Å². The fourth-order valence-corrected chi connectivity index (χ4v) is 3.53. The summed E-state index contributed by atoms with van der Waals surface area (Å²) in [4.78, 5) is 17.4.